The molecule has 7 nitrogen and oxygen atoms in total. The Kier molecular flexibility index (Phi) is 5.28. The largest absolute Gasteiger partial charge is 0.325 e. The van der Waals surface area contributed by atoms with Gasteiger partial charge in [-0.15, -0.1) is 11.3 Å². The summed E-state index contributed by atoms with van der Waals surface area (Å²) in [5.74, 6) is -1.35. The molecule has 2 heterocycles. The molecule has 1 saturated heterocycles. The number of imide groups is 1. The maximum Gasteiger partial charge on any atom is 0.325 e. The molecule has 1 unspecified atom stereocenters. The third-order valence-corrected chi connectivity index (χ3v) is 5.94. The number of nitrogens with zero attached hydrogens (tertiary/aromatic N) is 3. The topological polar surface area (TPSA) is 82.6 Å². The fourth-order valence-corrected chi connectivity index (χ4v) is 4.41. The number of carbonyl (C=O) groups excluding carboxylic acids is 3. The van der Waals surface area contributed by atoms with Crippen LogP contribution in [0.1, 0.15) is 25.1 Å². The van der Waals surface area contributed by atoms with Crippen LogP contribution in [0.4, 0.5) is 20.0 Å². The normalized spacial score (nSPS) is 18.2. The number of amides is 4. The second kappa shape index (κ2) is 7.92. The lowest BCUT2D eigenvalue weighted by molar-refractivity contribution is -0.131. The number of rotatable bonds is 5. The van der Waals surface area contributed by atoms with E-state index in [0.717, 1.165) is 4.90 Å². The van der Waals surface area contributed by atoms with Gasteiger partial charge in [0, 0.05) is 17.9 Å². The summed E-state index contributed by atoms with van der Waals surface area (Å²) in [7, 11) is 0. The fraction of sp³-hybridized carbons (Fsp3) is 0.182. The third kappa shape index (κ3) is 3.68. The van der Waals surface area contributed by atoms with Crippen LogP contribution in [0.5, 0.6) is 0 Å². The number of anilines is 2. The van der Waals surface area contributed by atoms with Crippen molar-refractivity contribution in [2.24, 2.45) is 0 Å². The average Bonchev–Trinajstić information content (AvgIpc) is 3.28. The lowest BCUT2D eigenvalue weighted by Crippen LogP contribution is -2.41. The number of nitrogens with one attached hydrogen (secondary N) is 1. The first-order chi connectivity index (χ1) is 14.8. The van der Waals surface area contributed by atoms with Crippen LogP contribution in [0.15, 0.2) is 60.0 Å². The van der Waals surface area contributed by atoms with Crippen LogP contribution in [-0.2, 0) is 21.7 Å². The Morgan fingerprint density at radius 3 is 2.52 bits per heavy atom. The zero-order chi connectivity index (χ0) is 22.2. The van der Waals surface area contributed by atoms with Crippen molar-refractivity contribution in [1.82, 2.24) is 15.2 Å². The lowest BCUT2D eigenvalue weighted by Gasteiger charge is -2.22. The van der Waals surface area contributed by atoms with Gasteiger partial charge in [-0.3, -0.25) is 19.4 Å². The second-order valence-electron chi connectivity index (χ2n) is 7.24. The first kappa shape index (κ1) is 20.7. The van der Waals surface area contributed by atoms with Crippen molar-refractivity contribution in [1.29, 1.82) is 0 Å². The van der Waals surface area contributed by atoms with E-state index in [1.165, 1.54) is 48.3 Å². The maximum atomic E-state index is 14.3. The summed E-state index contributed by atoms with van der Waals surface area (Å²) >= 11 is 1.23. The number of carbonyl (C=O) groups is 3. The zero-order valence-corrected chi connectivity index (χ0v) is 17.6. The van der Waals surface area contributed by atoms with Crippen LogP contribution in [0.2, 0.25) is 0 Å². The third-order valence-electron chi connectivity index (χ3n) is 5.07. The van der Waals surface area contributed by atoms with Crippen LogP contribution in [-0.4, -0.2) is 27.7 Å². The van der Waals surface area contributed by atoms with Crippen molar-refractivity contribution < 1.29 is 18.8 Å². The molecule has 0 saturated carbocycles. The standard InChI is InChI=1S/C22H19FN4O3S/c1-14(28)27(16-8-4-3-5-9-16)21-24-15(13-31-21)12-26-19(29)22(2,25-20(26)30)17-10-6-7-11-18(17)23/h3-11,13H,12H2,1-2H3,(H,25,30). The number of halogens is 1. The van der Waals surface area contributed by atoms with Crippen molar-refractivity contribution in [3.63, 3.8) is 0 Å². The molecule has 3 aromatic rings. The van der Waals surface area contributed by atoms with Gasteiger partial charge in [-0.05, 0) is 25.1 Å². The van der Waals surface area contributed by atoms with E-state index in [4.69, 9.17) is 0 Å². The Bertz CT molecular complexity index is 1170. The number of thiazole rings is 1. The lowest BCUT2D eigenvalue weighted by atomic mass is 9.91. The van der Waals surface area contributed by atoms with Crippen LogP contribution >= 0.6 is 11.3 Å². The molecule has 1 aliphatic heterocycles. The zero-order valence-electron chi connectivity index (χ0n) is 16.8. The van der Waals surface area contributed by atoms with Gasteiger partial charge in [0.1, 0.15) is 11.4 Å². The molecule has 0 bridgehead atoms. The van der Waals surface area contributed by atoms with Crippen molar-refractivity contribution in [3.05, 3.63) is 77.1 Å². The molecule has 1 N–H and O–H groups in total. The van der Waals surface area contributed by atoms with Gasteiger partial charge in [0.15, 0.2) is 5.13 Å². The highest BCUT2D eigenvalue weighted by Gasteiger charge is 2.50. The number of urea groups is 1. The quantitative estimate of drug-likeness (QED) is 0.612. The Morgan fingerprint density at radius 1 is 1.16 bits per heavy atom. The van der Waals surface area contributed by atoms with Crippen LogP contribution in [0.25, 0.3) is 0 Å². The van der Waals surface area contributed by atoms with Gasteiger partial charge in [0.25, 0.3) is 5.91 Å². The van der Waals surface area contributed by atoms with Gasteiger partial charge in [0.2, 0.25) is 5.91 Å². The van der Waals surface area contributed by atoms with Crippen molar-refractivity contribution >= 4 is 40.0 Å². The molecule has 0 aliphatic carbocycles. The minimum absolute atomic E-state index is 0.0915. The maximum absolute atomic E-state index is 14.3. The Morgan fingerprint density at radius 2 is 1.84 bits per heavy atom. The Balaban J connectivity index is 1.59. The van der Waals surface area contributed by atoms with Gasteiger partial charge in [0.05, 0.1) is 17.9 Å². The van der Waals surface area contributed by atoms with Crippen LogP contribution in [0.3, 0.4) is 0 Å². The van der Waals surface area contributed by atoms with Gasteiger partial charge in [-0.2, -0.15) is 0 Å². The minimum atomic E-state index is -1.50. The monoisotopic (exact) mass is 438 g/mol. The predicted molar refractivity (Wildman–Crippen MR) is 114 cm³/mol. The summed E-state index contributed by atoms with van der Waals surface area (Å²) in [6, 6.07) is 14.3. The number of benzene rings is 2. The highest BCUT2D eigenvalue weighted by molar-refractivity contribution is 7.14. The summed E-state index contributed by atoms with van der Waals surface area (Å²) in [6.45, 7) is 2.82. The minimum Gasteiger partial charge on any atom is -0.319 e. The first-order valence-corrected chi connectivity index (χ1v) is 10.4. The van der Waals surface area contributed by atoms with Gasteiger partial charge in [-0.1, -0.05) is 36.4 Å². The number of aromatic nitrogens is 1. The molecular formula is C22H19FN4O3S. The van der Waals surface area contributed by atoms with E-state index >= 15 is 0 Å². The molecule has 1 aromatic heterocycles. The molecule has 31 heavy (non-hydrogen) atoms. The Hall–Kier alpha value is -3.59. The Labute approximate surface area is 182 Å². The number of para-hydroxylation sites is 1. The summed E-state index contributed by atoms with van der Waals surface area (Å²) < 4.78 is 14.3. The van der Waals surface area contributed by atoms with Crippen molar-refractivity contribution in [2.45, 2.75) is 25.9 Å². The van der Waals surface area contributed by atoms with Gasteiger partial charge < -0.3 is 5.32 Å². The SMILES string of the molecule is CC(=O)N(c1ccccc1)c1nc(CN2C(=O)NC(C)(c3ccccc3F)C2=O)cs1. The molecule has 0 spiro atoms. The highest BCUT2D eigenvalue weighted by atomic mass is 32.1. The fourth-order valence-electron chi connectivity index (χ4n) is 3.53. The van der Waals surface area contributed by atoms with Crippen molar-refractivity contribution in [2.75, 3.05) is 4.90 Å². The summed E-state index contributed by atoms with van der Waals surface area (Å²) in [6.07, 6.45) is 0. The molecule has 1 fully saturated rings. The second-order valence-corrected chi connectivity index (χ2v) is 8.07. The smallest absolute Gasteiger partial charge is 0.319 e. The first-order valence-electron chi connectivity index (χ1n) is 9.50. The highest BCUT2D eigenvalue weighted by Crippen LogP contribution is 2.33. The van der Waals surface area contributed by atoms with E-state index in [1.807, 2.05) is 18.2 Å². The molecule has 158 valence electrons. The molecule has 1 atom stereocenters. The van der Waals surface area contributed by atoms with E-state index in [2.05, 4.69) is 10.3 Å². The van der Waals surface area contributed by atoms with Gasteiger partial charge >= 0.3 is 6.03 Å². The molecular weight excluding hydrogens is 419 g/mol. The van der Waals surface area contributed by atoms with E-state index < -0.39 is 23.3 Å². The van der Waals surface area contributed by atoms with Gasteiger partial charge in [-0.25, -0.2) is 14.2 Å². The summed E-state index contributed by atoms with van der Waals surface area (Å²) in [4.78, 5) is 44.7. The summed E-state index contributed by atoms with van der Waals surface area (Å²) in [5.41, 5.74) is -0.292. The van der Waals surface area contributed by atoms with E-state index in [1.54, 1.807) is 23.6 Å². The molecule has 9 heteroatoms. The van der Waals surface area contributed by atoms with Crippen LogP contribution in [0, 0.1) is 5.82 Å². The molecule has 4 amide bonds. The molecule has 1 aliphatic rings. The predicted octanol–water partition coefficient (Wildman–Crippen LogP) is 3.93. The van der Waals surface area contributed by atoms with E-state index in [9.17, 15) is 18.8 Å². The number of hydrogen-bond acceptors (Lipinski definition) is 5. The molecule has 0 radical (unpaired) electrons. The molecule has 2 aromatic carbocycles. The van der Waals surface area contributed by atoms with Crippen LogP contribution < -0.4 is 10.2 Å². The summed E-state index contributed by atoms with van der Waals surface area (Å²) in [5, 5.41) is 4.71. The van der Waals surface area contributed by atoms with E-state index in [-0.39, 0.29) is 18.0 Å². The van der Waals surface area contributed by atoms with Crippen molar-refractivity contribution in [3.8, 4) is 0 Å². The molecule has 4 rings (SSSR count). The number of hydrogen-bond donors (Lipinski definition) is 1. The average molecular weight is 438 g/mol. The van der Waals surface area contributed by atoms with E-state index in [0.29, 0.717) is 16.5 Å².